The standard InChI is InChI=1S/2C25H16O3S2/c2*26-25-29-21-13-27-19-11-9-15-5-1-3-7-17(15)23(19)24-18-8-4-2-6-16(18)10-12-20(24)28-14-22(21)30-25/h2*1-12H,13-14H2. The Bertz CT molecular complexity index is 2970. The molecule has 10 aromatic rings. The van der Waals surface area contributed by atoms with Crippen LogP contribution in [0.5, 0.6) is 23.0 Å². The lowest BCUT2D eigenvalue weighted by Gasteiger charge is -2.21. The largest absolute Gasteiger partial charge is 0.487 e. The van der Waals surface area contributed by atoms with Crippen LogP contribution in [0.4, 0.5) is 0 Å². The van der Waals surface area contributed by atoms with Crippen molar-refractivity contribution >= 4 is 88.4 Å². The first-order valence-electron chi connectivity index (χ1n) is 19.4. The molecule has 0 atom stereocenters. The molecular formula is C50H32O6S4. The summed E-state index contributed by atoms with van der Waals surface area (Å²) in [7, 11) is 0. The first-order valence-corrected chi connectivity index (χ1v) is 22.6. The SMILES string of the molecule is O=c1sc2c(s1)COc1ccc3ccccc3c1-c1c(ccc3ccccc13)OC2.O=c1sc2c(s1)COc1ccc3ccccc3c1-c1c(ccc3ccccc13)OC2. The first kappa shape index (κ1) is 36.8. The van der Waals surface area contributed by atoms with Gasteiger partial charge in [0.15, 0.2) is 0 Å². The molecule has 0 N–H and O–H groups in total. The molecule has 4 heterocycles. The van der Waals surface area contributed by atoms with E-state index in [1.165, 1.54) is 45.3 Å². The number of rotatable bonds is 0. The Morgan fingerprint density at radius 2 is 0.533 bits per heavy atom. The van der Waals surface area contributed by atoms with Gasteiger partial charge < -0.3 is 18.9 Å². The highest BCUT2D eigenvalue weighted by atomic mass is 32.2. The summed E-state index contributed by atoms with van der Waals surface area (Å²) in [6, 6.07) is 49.8. The highest BCUT2D eigenvalue weighted by molar-refractivity contribution is 7.27. The van der Waals surface area contributed by atoms with Gasteiger partial charge in [0.2, 0.25) is 0 Å². The zero-order valence-corrected chi connectivity index (χ0v) is 35.0. The van der Waals surface area contributed by atoms with E-state index in [2.05, 4.69) is 97.1 Å². The molecule has 6 nitrogen and oxygen atoms in total. The van der Waals surface area contributed by atoms with Gasteiger partial charge in [-0.2, -0.15) is 0 Å². The molecule has 0 aliphatic carbocycles. The van der Waals surface area contributed by atoms with Gasteiger partial charge in [-0.1, -0.05) is 167 Å². The normalized spacial score (nSPS) is 13.1. The fraction of sp³-hybridized carbons (Fsp3) is 0.0800. The average Bonchev–Trinajstić information content (AvgIpc) is 3.85. The molecule has 2 aliphatic rings. The molecule has 0 unspecified atom stereocenters. The predicted octanol–water partition coefficient (Wildman–Crippen LogP) is 13.2. The van der Waals surface area contributed by atoms with Gasteiger partial charge in [0.1, 0.15) is 49.4 Å². The van der Waals surface area contributed by atoms with Crippen LogP contribution in [-0.2, 0) is 26.4 Å². The molecule has 12 rings (SSSR count). The van der Waals surface area contributed by atoms with Gasteiger partial charge in [-0.05, 0) is 67.4 Å². The van der Waals surface area contributed by atoms with Crippen LogP contribution in [0, 0.1) is 0 Å². The summed E-state index contributed by atoms with van der Waals surface area (Å²) >= 11 is 5.00. The number of benzene rings is 8. The maximum atomic E-state index is 12.0. The molecule has 0 saturated carbocycles. The van der Waals surface area contributed by atoms with Crippen LogP contribution in [0.2, 0.25) is 0 Å². The molecule has 0 spiro atoms. The quantitative estimate of drug-likeness (QED) is 0.151. The molecule has 8 aromatic carbocycles. The number of hydrogen-bond acceptors (Lipinski definition) is 10. The van der Waals surface area contributed by atoms with Gasteiger partial charge in [-0.3, -0.25) is 9.59 Å². The van der Waals surface area contributed by atoms with E-state index in [1.54, 1.807) is 0 Å². The van der Waals surface area contributed by atoms with Crippen molar-refractivity contribution in [2.75, 3.05) is 0 Å². The van der Waals surface area contributed by atoms with Crippen molar-refractivity contribution in [3.63, 3.8) is 0 Å². The first-order chi connectivity index (χ1) is 29.6. The molecule has 0 saturated heterocycles. The Kier molecular flexibility index (Phi) is 9.42. The van der Waals surface area contributed by atoms with Gasteiger partial charge >= 0.3 is 0 Å². The molecule has 0 radical (unpaired) electrons. The Hall–Kier alpha value is -6.30. The molecule has 0 amide bonds. The lowest BCUT2D eigenvalue weighted by atomic mass is 9.92. The van der Waals surface area contributed by atoms with Crippen molar-refractivity contribution in [3.05, 3.63) is 183 Å². The fourth-order valence-electron chi connectivity index (χ4n) is 8.20. The van der Waals surface area contributed by atoms with Crippen LogP contribution in [-0.4, -0.2) is 0 Å². The van der Waals surface area contributed by atoms with Gasteiger partial charge in [0.05, 0.1) is 19.5 Å². The second-order valence-corrected chi connectivity index (χ2v) is 19.2. The van der Waals surface area contributed by atoms with Crippen LogP contribution >= 0.6 is 45.3 Å². The second-order valence-electron chi connectivity index (χ2n) is 14.4. The Morgan fingerprint density at radius 3 is 0.783 bits per heavy atom. The van der Waals surface area contributed by atoms with E-state index < -0.39 is 0 Å². The van der Waals surface area contributed by atoms with Gasteiger partial charge in [0.25, 0.3) is 8.11 Å². The lowest BCUT2D eigenvalue weighted by molar-refractivity contribution is 0.289. The second kappa shape index (κ2) is 15.4. The minimum atomic E-state index is 0.0731. The maximum Gasteiger partial charge on any atom is 0.288 e. The maximum absolute atomic E-state index is 12.0. The van der Waals surface area contributed by atoms with E-state index in [1.807, 2.05) is 48.5 Å². The summed E-state index contributed by atoms with van der Waals surface area (Å²) in [6.45, 7) is 1.47. The zero-order chi connectivity index (χ0) is 40.2. The molecular weight excluding hydrogens is 825 g/mol. The van der Waals surface area contributed by atoms with E-state index in [-0.39, 0.29) is 8.11 Å². The third-order valence-corrected chi connectivity index (χ3v) is 15.3. The van der Waals surface area contributed by atoms with E-state index >= 15 is 0 Å². The highest BCUT2D eigenvalue weighted by Crippen LogP contribution is 2.48. The molecule has 2 aliphatic heterocycles. The Morgan fingerprint density at radius 1 is 0.300 bits per heavy atom. The monoisotopic (exact) mass is 856 g/mol. The summed E-state index contributed by atoms with van der Waals surface area (Å²) in [5, 5.41) is 9.08. The fourth-order valence-corrected chi connectivity index (χ4v) is 12.2. The highest BCUT2D eigenvalue weighted by Gasteiger charge is 2.24. The van der Waals surface area contributed by atoms with Crippen LogP contribution in [0.15, 0.2) is 155 Å². The Balaban J connectivity index is 0.000000136. The number of ether oxygens (including phenoxy) is 4. The summed E-state index contributed by atoms with van der Waals surface area (Å²) in [5.74, 6) is 3.20. The van der Waals surface area contributed by atoms with Crippen molar-refractivity contribution in [3.8, 4) is 45.3 Å². The van der Waals surface area contributed by atoms with Crippen LogP contribution in [0.25, 0.3) is 65.3 Å². The van der Waals surface area contributed by atoms with Gasteiger partial charge in [-0.25, -0.2) is 0 Å². The van der Waals surface area contributed by atoms with Crippen molar-refractivity contribution in [1.82, 2.24) is 0 Å². The minimum Gasteiger partial charge on any atom is -0.487 e. The van der Waals surface area contributed by atoms with E-state index in [4.69, 9.17) is 18.9 Å². The van der Waals surface area contributed by atoms with E-state index in [9.17, 15) is 9.59 Å². The molecule has 60 heavy (non-hydrogen) atoms. The molecule has 0 bridgehead atoms. The summed E-state index contributed by atoms with van der Waals surface area (Å²) in [6.07, 6.45) is 0. The van der Waals surface area contributed by atoms with Gasteiger partial charge in [-0.15, -0.1) is 0 Å². The van der Waals surface area contributed by atoms with Crippen molar-refractivity contribution < 1.29 is 18.9 Å². The lowest BCUT2D eigenvalue weighted by Crippen LogP contribution is -2.04. The van der Waals surface area contributed by atoms with Crippen LogP contribution in [0.3, 0.4) is 0 Å². The van der Waals surface area contributed by atoms with Crippen molar-refractivity contribution in [1.29, 1.82) is 0 Å². The van der Waals surface area contributed by atoms with E-state index in [0.29, 0.717) is 26.4 Å². The summed E-state index contributed by atoms with van der Waals surface area (Å²) < 4.78 is 25.5. The molecule has 292 valence electrons. The van der Waals surface area contributed by atoms with Gasteiger partial charge in [0, 0.05) is 22.3 Å². The van der Waals surface area contributed by atoms with Crippen molar-refractivity contribution in [2.24, 2.45) is 0 Å². The van der Waals surface area contributed by atoms with Crippen molar-refractivity contribution in [2.45, 2.75) is 26.4 Å². The van der Waals surface area contributed by atoms with Crippen LogP contribution in [0.1, 0.15) is 19.5 Å². The summed E-state index contributed by atoms with van der Waals surface area (Å²) in [5.41, 5.74) is 4.13. The summed E-state index contributed by atoms with van der Waals surface area (Å²) in [4.78, 5) is 27.8. The van der Waals surface area contributed by atoms with Crippen LogP contribution < -0.4 is 27.1 Å². The Labute approximate surface area is 359 Å². The third-order valence-electron chi connectivity index (χ3n) is 10.9. The smallest absolute Gasteiger partial charge is 0.288 e. The molecule has 2 aromatic heterocycles. The number of hydrogen-bond donors (Lipinski definition) is 0. The minimum absolute atomic E-state index is 0.0731. The predicted molar refractivity (Wildman–Crippen MR) is 248 cm³/mol. The molecule has 10 heteroatoms. The topological polar surface area (TPSA) is 71.1 Å². The molecule has 0 fully saturated rings. The van der Waals surface area contributed by atoms with E-state index in [0.717, 1.165) is 108 Å². The third kappa shape index (κ3) is 6.62. The zero-order valence-electron chi connectivity index (χ0n) is 31.8. The average molecular weight is 857 g/mol. The number of fused-ring (bicyclic) bond motifs is 16.